The Labute approximate surface area is 202 Å². The summed E-state index contributed by atoms with van der Waals surface area (Å²) in [5, 5.41) is 18.0. The van der Waals surface area contributed by atoms with Crippen LogP contribution >= 0.6 is 0 Å². The summed E-state index contributed by atoms with van der Waals surface area (Å²) in [6.45, 7) is 1.56. The average molecular weight is 509 g/mol. The first kappa shape index (κ1) is 26.3. The highest BCUT2D eigenvalue weighted by Crippen LogP contribution is 2.36. The van der Waals surface area contributed by atoms with Crippen LogP contribution in [-0.2, 0) is 33.6 Å². The maximum atomic E-state index is 12.7. The number of hydrogen-bond acceptors (Lipinski definition) is 7. The van der Waals surface area contributed by atoms with Crippen LogP contribution in [0.3, 0.4) is 0 Å². The highest BCUT2D eigenvalue weighted by Gasteiger charge is 2.29. The van der Waals surface area contributed by atoms with E-state index < -0.39 is 23.7 Å². The van der Waals surface area contributed by atoms with Crippen LogP contribution in [0.5, 0.6) is 11.5 Å². The second kappa shape index (κ2) is 11.4. The number of alkyl halides is 3. The first-order valence-electron chi connectivity index (χ1n) is 10.4. The first-order chi connectivity index (χ1) is 17.1. The molecule has 2 heterocycles. The molecule has 3 aromatic rings. The maximum absolute atomic E-state index is 12.7. The van der Waals surface area contributed by atoms with Crippen molar-refractivity contribution in [3.05, 3.63) is 59.8 Å². The topological polar surface area (TPSA) is 132 Å². The van der Waals surface area contributed by atoms with E-state index in [1.807, 2.05) is 22.8 Å². The Bertz CT molecular complexity index is 1200. The lowest BCUT2D eigenvalue weighted by Gasteiger charge is -2.14. The molecule has 0 radical (unpaired) electrons. The number of carboxylic acid groups (broad SMARTS) is 2. The number of aliphatic carboxylic acids is 2. The first-order valence-corrected chi connectivity index (χ1v) is 10.4. The SMILES string of the molecule is COCCn1c(-c2ccc3c(c2)OCO3)cnc1NCc1ccc(C(F)(F)F)cc1.O=C(O)C(=O)O. The molecule has 0 saturated heterocycles. The van der Waals surface area contributed by atoms with Crippen LogP contribution < -0.4 is 14.8 Å². The third-order valence-electron chi connectivity index (χ3n) is 4.96. The highest BCUT2D eigenvalue weighted by atomic mass is 19.4. The van der Waals surface area contributed by atoms with Gasteiger partial charge in [-0.3, -0.25) is 0 Å². The van der Waals surface area contributed by atoms with Crippen LogP contribution in [0.1, 0.15) is 11.1 Å². The average Bonchev–Trinajstić information content (AvgIpc) is 3.47. The third-order valence-corrected chi connectivity index (χ3v) is 4.96. The molecule has 13 heteroatoms. The molecule has 4 rings (SSSR count). The molecule has 0 bridgehead atoms. The highest BCUT2D eigenvalue weighted by molar-refractivity contribution is 6.27. The number of hydrogen-bond donors (Lipinski definition) is 3. The Morgan fingerprint density at radius 2 is 1.75 bits per heavy atom. The largest absolute Gasteiger partial charge is 0.473 e. The van der Waals surface area contributed by atoms with E-state index in [-0.39, 0.29) is 6.79 Å². The number of ether oxygens (including phenoxy) is 3. The Morgan fingerprint density at radius 1 is 1.08 bits per heavy atom. The monoisotopic (exact) mass is 509 g/mol. The third kappa shape index (κ3) is 6.66. The van der Waals surface area contributed by atoms with Crippen molar-refractivity contribution in [3.63, 3.8) is 0 Å². The van der Waals surface area contributed by atoms with Crippen molar-refractivity contribution < 1.29 is 47.2 Å². The summed E-state index contributed by atoms with van der Waals surface area (Å²) < 4.78 is 56.2. The number of aromatic nitrogens is 2. The molecule has 0 fully saturated rings. The number of methoxy groups -OCH3 is 1. The van der Waals surface area contributed by atoms with E-state index in [2.05, 4.69) is 10.3 Å². The Hall–Kier alpha value is -4.26. The second-order valence-corrected chi connectivity index (χ2v) is 7.34. The number of fused-ring (bicyclic) bond motifs is 1. The van der Waals surface area contributed by atoms with Gasteiger partial charge in [0.15, 0.2) is 11.5 Å². The van der Waals surface area contributed by atoms with Gasteiger partial charge in [-0.15, -0.1) is 0 Å². The zero-order valence-corrected chi connectivity index (χ0v) is 18.9. The Morgan fingerprint density at radius 3 is 2.36 bits per heavy atom. The van der Waals surface area contributed by atoms with Gasteiger partial charge in [0.1, 0.15) is 0 Å². The van der Waals surface area contributed by atoms with Gasteiger partial charge in [0.25, 0.3) is 0 Å². The summed E-state index contributed by atoms with van der Waals surface area (Å²) in [6.07, 6.45) is -2.61. The second-order valence-electron chi connectivity index (χ2n) is 7.34. The number of anilines is 1. The summed E-state index contributed by atoms with van der Waals surface area (Å²) in [5.41, 5.74) is 1.82. The summed E-state index contributed by atoms with van der Waals surface area (Å²) in [5.74, 6) is -1.68. The molecule has 0 unspecified atom stereocenters. The minimum Gasteiger partial charge on any atom is -0.473 e. The van der Waals surface area contributed by atoms with Crippen LogP contribution in [-0.4, -0.2) is 52.2 Å². The van der Waals surface area contributed by atoms with E-state index in [1.165, 1.54) is 12.1 Å². The van der Waals surface area contributed by atoms with Crippen molar-refractivity contribution in [2.24, 2.45) is 0 Å². The summed E-state index contributed by atoms with van der Waals surface area (Å²) in [7, 11) is 1.62. The number of benzene rings is 2. The molecule has 1 aliphatic heterocycles. The van der Waals surface area contributed by atoms with Gasteiger partial charge < -0.3 is 34.3 Å². The van der Waals surface area contributed by atoms with Crippen LogP contribution in [0, 0.1) is 0 Å². The predicted molar refractivity (Wildman–Crippen MR) is 120 cm³/mol. The summed E-state index contributed by atoms with van der Waals surface area (Å²) in [6, 6.07) is 10.7. The van der Waals surface area contributed by atoms with E-state index in [0.29, 0.717) is 42.7 Å². The van der Waals surface area contributed by atoms with Gasteiger partial charge in [0, 0.05) is 25.8 Å². The maximum Gasteiger partial charge on any atom is 0.416 e. The molecule has 1 aliphatic rings. The lowest BCUT2D eigenvalue weighted by Crippen LogP contribution is -2.12. The van der Waals surface area contributed by atoms with Crippen molar-refractivity contribution in [2.75, 3.05) is 25.8 Å². The van der Waals surface area contributed by atoms with Crippen molar-refractivity contribution in [1.29, 1.82) is 0 Å². The molecule has 0 atom stereocenters. The minimum atomic E-state index is -4.35. The summed E-state index contributed by atoms with van der Waals surface area (Å²) in [4.78, 5) is 22.7. The zero-order chi connectivity index (χ0) is 26.3. The minimum absolute atomic E-state index is 0.196. The van der Waals surface area contributed by atoms with Crippen LogP contribution in [0.15, 0.2) is 48.7 Å². The van der Waals surface area contributed by atoms with Gasteiger partial charge in [-0.25, -0.2) is 14.6 Å². The fraction of sp³-hybridized carbons (Fsp3) is 0.261. The molecule has 2 aromatic carbocycles. The number of carbonyl (C=O) groups is 2. The molecule has 3 N–H and O–H groups in total. The predicted octanol–water partition coefficient (Wildman–Crippen LogP) is 3.71. The van der Waals surface area contributed by atoms with Gasteiger partial charge in [-0.1, -0.05) is 12.1 Å². The standard InChI is InChI=1S/C21H20F3N3O3.C2H2O4/c1-28-9-8-27-17(15-4-7-18-19(10-15)30-13-29-18)12-26-20(27)25-11-14-2-5-16(6-3-14)21(22,23)24;3-1(4)2(5)6/h2-7,10,12H,8-9,11,13H2,1H3,(H,25,26);(H,3,4)(H,5,6). The molecule has 36 heavy (non-hydrogen) atoms. The fourth-order valence-electron chi connectivity index (χ4n) is 3.20. The van der Waals surface area contributed by atoms with Crippen LogP contribution in [0.25, 0.3) is 11.3 Å². The Balaban J connectivity index is 0.000000538. The normalized spacial score (nSPS) is 12.0. The number of nitrogens with zero attached hydrogens (tertiary/aromatic N) is 2. The molecule has 10 nitrogen and oxygen atoms in total. The molecule has 1 aromatic heterocycles. The van der Waals surface area contributed by atoms with E-state index in [0.717, 1.165) is 23.4 Å². The van der Waals surface area contributed by atoms with E-state index in [9.17, 15) is 13.2 Å². The number of rotatable bonds is 7. The zero-order valence-electron chi connectivity index (χ0n) is 18.9. The molecule has 0 aliphatic carbocycles. The molecular weight excluding hydrogens is 487 g/mol. The molecular formula is C23H22F3N3O7. The van der Waals surface area contributed by atoms with Gasteiger partial charge in [-0.05, 0) is 35.9 Å². The summed E-state index contributed by atoms with van der Waals surface area (Å²) >= 11 is 0. The smallest absolute Gasteiger partial charge is 0.416 e. The van der Waals surface area contributed by atoms with Crippen molar-refractivity contribution in [2.45, 2.75) is 19.3 Å². The molecule has 0 spiro atoms. The lowest BCUT2D eigenvalue weighted by molar-refractivity contribution is -0.159. The van der Waals surface area contributed by atoms with E-state index >= 15 is 0 Å². The van der Waals surface area contributed by atoms with E-state index in [4.69, 9.17) is 34.0 Å². The molecule has 0 amide bonds. The van der Waals surface area contributed by atoms with Crippen molar-refractivity contribution in [3.8, 4) is 22.8 Å². The number of halogens is 3. The number of nitrogens with one attached hydrogen (secondary N) is 1. The number of imidazole rings is 1. The Kier molecular flexibility index (Phi) is 8.38. The number of carboxylic acids is 2. The van der Waals surface area contributed by atoms with Crippen molar-refractivity contribution in [1.82, 2.24) is 9.55 Å². The van der Waals surface area contributed by atoms with Gasteiger partial charge in [-0.2, -0.15) is 13.2 Å². The van der Waals surface area contributed by atoms with E-state index in [1.54, 1.807) is 13.3 Å². The van der Waals surface area contributed by atoms with Gasteiger partial charge in [0.05, 0.1) is 24.1 Å². The van der Waals surface area contributed by atoms with Crippen LogP contribution in [0.2, 0.25) is 0 Å². The fourth-order valence-corrected chi connectivity index (χ4v) is 3.20. The molecule has 192 valence electrons. The van der Waals surface area contributed by atoms with Gasteiger partial charge in [0.2, 0.25) is 12.7 Å². The van der Waals surface area contributed by atoms with Gasteiger partial charge >= 0.3 is 18.1 Å². The quantitative estimate of drug-likeness (QED) is 0.408. The van der Waals surface area contributed by atoms with Crippen LogP contribution in [0.4, 0.5) is 19.1 Å². The molecule has 0 saturated carbocycles. The lowest BCUT2D eigenvalue weighted by atomic mass is 10.1. The van der Waals surface area contributed by atoms with Crippen molar-refractivity contribution >= 4 is 17.9 Å².